The van der Waals surface area contributed by atoms with E-state index in [4.69, 9.17) is 0 Å². The Morgan fingerprint density at radius 3 is 2.15 bits per heavy atom. The number of benzene rings is 1. The van der Waals surface area contributed by atoms with Crippen molar-refractivity contribution in [1.82, 2.24) is 9.47 Å². The number of nitrogens with zero attached hydrogens (tertiary/aromatic N) is 2. The Bertz CT molecular complexity index is 563. The van der Waals surface area contributed by atoms with Gasteiger partial charge in [-0.05, 0) is 57.3 Å². The van der Waals surface area contributed by atoms with E-state index >= 15 is 0 Å². The predicted molar refractivity (Wildman–Crippen MR) is 83.5 cm³/mol. The van der Waals surface area contributed by atoms with Crippen LogP contribution in [0, 0.1) is 13.8 Å². The zero-order chi connectivity index (χ0) is 14.7. The third-order valence-electron chi connectivity index (χ3n) is 3.88. The van der Waals surface area contributed by atoms with Crippen molar-refractivity contribution in [1.29, 1.82) is 0 Å². The minimum absolute atomic E-state index is 0.378. The van der Waals surface area contributed by atoms with E-state index in [2.05, 4.69) is 55.4 Å². The fourth-order valence-electron chi connectivity index (χ4n) is 2.60. The van der Waals surface area contributed by atoms with Crippen LogP contribution in [0.25, 0.3) is 5.69 Å². The van der Waals surface area contributed by atoms with Crippen LogP contribution in [0.4, 0.5) is 0 Å². The van der Waals surface area contributed by atoms with Crippen LogP contribution >= 0.6 is 0 Å². The molecule has 2 aromatic rings. The molecule has 0 radical (unpaired) electrons. The van der Waals surface area contributed by atoms with E-state index in [0.29, 0.717) is 5.75 Å². The van der Waals surface area contributed by atoms with Crippen molar-refractivity contribution in [2.24, 2.45) is 0 Å². The summed E-state index contributed by atoms with van der Waals surface area (Å²) in [6.07, 6.45) is 0. The second-order valence-corrected chi connectivity index (χ2v) is 5.23. The van der Waals surface area contributed by atoms with Crippen molar-refractivity contribution in [3.63, 3.8) is 0 Å². The molecule has 1 aromatic carbocycles. The quantitative estimate of drug-likeness (QED) is 0.900. The number of aryl methyl sites for hydroxylation is 2. The molecule has 20 heavy (non-hydrogen) atoms. The molecule has 0 aliphatic carbocycles. The van der Waals surface area contributed by atoms with Crippen LogP contribution in [0.2, 0.25) is 0 Å². The SMILES string of the molecule is CCN(CC)Cc1cc(-n2c(C)ccc2C)ccc1O. The third-order valence-corrected chi connectivity index (χ3v) is 3.88. The van der Waals surface area contributed by atoms with Crippen molar-refractivity contribution < 1.29 is 5.11 Å². The van der Waals surface area contributed by atoms with E-state index in [9.17, 15) is 5.11 Å². The maximum Gasteiger partial charge on any atom is 0.120 e. The first-order valence-electron chi connectivity index (χ1n) is 7.26. The lowest BCUT2D eigenvalue weighted by Gasteiger charge is -2.20. The highest BCUT2D eigenvalue weighted by atomic mass is 16.3. The van der Waals surface area contributed by atoms with Gasteiger partial charge in [0.2, 0.25) is 0 Å². The molecular weight excluding hydrogens is 248 g/mol. The van der Waals surface area contributed by atoms with E-state index in [1.165, 1.54) is 11.4 Å². The molecule has 0 unspecified atom stereocenters. The van der Waals surface area contributed by atoms with Crippen LogP contribution in [0.1, 0.15) is 30.8 Å². The number of phenolic OH excluding ortho intramolecular Hbond substituents is 1. The second kappa shape index (κ2) is 6.14. The summed E-state index contributed by atoms with van der Waals surface area (Å²) in [7, 11) is 0. The van der Waals surface area contributed by atoms with E-state index < -0.39 is 0 Å². The topological polar surface area (TPSA) is 28.4 Å². The normalized spacial score (nSPS) is 11.2. The highest BCUT2D eigenvalue weighted by Gasteiger charge is 2.10. The van der Waals surface area contributed by atoms with Gasteiger partial charge in [0.15, 0.2) is 0 Å². The van der Waals surface area contributed by atoms with Crippen molar-refractivity contribution in [2.75, 3.05) is 13.1 Å². The lowest BCUT2D eigenvalue weighted by molar-refractivity contribution is 0.291. The second-order valence-electron chi connectivity index (χ2n) is 5.23. The average molecular weight is 272 g/mol. The number of rotatable bonds is 5. The molecule has 0 atom stereocenters. The maximum atomic E-state index is 10.1. The summed E-state index contributed by atoms with van der Waals surface area (Å²) < 4.78 is 2.21. The smallest absolute Gasteiger partial charge is 0.120 e. The molecule has 0 saturated heterocycles. The minimum Gasteiger partial charge on any atom is -0.508 e. The third kappa shape index (κ3) is 2.88. The molecule has 0 aliphatic heterocycles. The molecule has 1 heterocycles. The Hall–Kier alpha value is -1.74. The fraction of sp³-hybridized carbons (Fsp3) is 0.412. The average Bonchev–Trinajstić information content (AvgIpc) is 2.77. The molecule has 2 rings (SSSR count). The first-order valence-corrected chi connectivity index (χ1v) is 7.26. The Kier molecular flexibility index (Phi) is 4.50. The molecule has 1 N–H and O–H groups in total. The lowest BCUT2D eigenvalue weighted by atomic mass is 10.1. The van der Waals surface area contributed by atoms with Gasteiger partial charge in [0, 0.05) is 29.2 Å². The molecule has 0 bridgehead atoms. The monoisotopic (exact) mass is 272 g/mol. The van der Waals surface area contributed by atoms with Gasteiger partial charge in [0.25, 0.3) is 0 Å². The van der Waals surface area contributed by atoms with Crippen LogP contribution in [0.5, 0.6) is 5.75 Å². The van der Waals surface area contributed by atoms with Crippen molar-refractivity contribution in [3.05, 3.63) is 47.3 Å². The fourth-order valence-corrected chi connectivity index (χ4v) is 2.60. The minimum atomic E-state index is 0.378. The van der Waals surface area contributed by atoms with E-state index in [1.807, 2.05) is 6.07 Å². The number of aromatic nitrogens is 1. The van der Waals surface area contributed by atoms with E-state index in [0.717, 1.165) is 30.9 Å². The van der Waals surface area contributed by atoms with Crippen LogP contribution in [-0.4, -0.2) is 27.7 Å². The highest BCUT2D eigenvalue weighted by Crippen LogP contribution is 2.24. The first kappa shape index (κ1) is 14.7. The zero-order valence-corrected chi connectivity index (χ0v) is 12.8. The largest absolute Gasteiger partial charge is 0.508 e. The van der Waals surface area contributed by atoms with Gasteiger partial charge in [0.05, 0.1) is 0 Å². The first-order chi connectivity index (χ1) is 9.56. The highest BCUT2D eigenvalue weighted by molar-refractivity contribution is 5.46. The molecule has 108 valence electrons. The Morgan fingerprint density at radius 1 is 1.00 bits per heavy atom. The molecule has 0 saturated carbocycles. The molecule has 0 fully saturated rings. The van der Waals surface area contributed by atoms with Crippen LogP contribution in [0.15, 0.2) is 30.3 Å². The van der Waals surface area contributed by atoms with Gasteiger partial charge in [-0.1, -0.05) is 13.8 Å². The van der Waals surface area contributed by atoms with Gasteiger partial charge in [-0.2, -0.15) is 0 Å². The van der Waals surface area contributed by atoms with E-state index in [1.54, 1.807) is 6.07 Å². The van der Waals surface area contributed by atoms with Crippen LogP contribution < -0.4 is 0 Å². The van der Waals surface area contributed by atoms with Gasteiger partial charge < -0.3 is 9.67 Å². The van der Waals surface area contributed by atoms with Crippen molar-refractivity contribution >= 4 is 0 Å². The number of aromatic hydroxyl groups is 1. The van der Waals surface area contributed by atoms with E-state index in [-0.39, 0.29) is 0 Å². The summed E-state index contributed by atoms with van der Waals surface area (Å²) >= 11 is 0. The molecule has 3 nitrogen and oxygen atoms in total. The van der Waals surface area contributed by atoms with Gasteiger partial charge in [-0.3, -0.25) is 4.90 Å². The number of hydrogen-bond donors (Lipinski definition) is 1. The predicted octanol–water partition coefficient (Wildman–Crippen LogP) is 3.64. The Morgan fingerprint density at radius 2 is 1.60 bits per heavy atom. The van der Waals surface area contributed by atoms with Gasteiger partial charge in [-0.25, -0.2) is 0 Å². The Labute approximate surface area is 121 Å². The summed E-state index contributed by atoms with van der Waals surface area (Å²) in [6.45, 7) is 11.2. The zero-order valence-electron chi connectivity index (χ0n) is 12.8. The molecule has 0 spiro atoms. The summed E-state index contributed by atoms with van der Waals surface area (Å²) in [5.41, 5.74) is 4.52. The molecule has 0 aliphatic rings. The molecule has 0 amide bonds. The van der Waals surface area contributed by atoms with Crippen molar-refractivity contribution in [2.45, 2.75) is 34.2 Å². The summed E-state index contributed by atoms with van der Waals surface area (Å²) in [5, 5.41) is 10.1. The Balaban J connectivity index is 2.38. The molecule has 1 aromatic heterocycles. The summed E-state index contributed by atoms with van der Waals surface area (Å²) in [4.78, 5) is 2.30. The van der Waals surface area contributed by atoms with Gasteiger partial charge >= 0.3 is 0 Å². The van der Waals surface area contributed by atoms with Crippen molar-refractivity contribution in [3.8, 4) is 11.4 Å². The van der Waals surface area contributed by atoms with Gasteiger partial charge in [0.1, 0.15) is 5.75 Å². The van der Waals surface area contributed by atoms with Crippen LogP contribution in [-0.2, 0) is 6.54 Å². The molecular formula is C17H24N2O. The van der Waals surface area contributed by atoms with Crippen LogP contribution in [0.3, 0.4) is 0 Å². The molecule has 3 heteroatoms. The number of phenols is 1. The maximum absolute atomic E-state index is 10.1. The number of hydrogen-bond acceptors (Lipinski definition) is 2. The summed E-state index contributed by atoms with van der Waals surface area (Å²) in [6, 6.07) is 10.1. The lowest BCUT2D eigenvalue weighted by Crippen LogP contribution is -2.22. The standard InChI is InChI=1S/C17H24N2O/c1-5-18(6-2)12-15-11-16(9-10-17(15)20)19-13(3)7-8-14(19)4/h7-11,20H,5-6,12H2,1-4H3. The van der Waals surface area contributed by atoms with Gasteiger partial charge in [-0.15, -0.1) is 0 Å². The summed E-state index contributed by atoms with van der Waals surface area (Å²) in [5.74, 6) is 0.378.